The topological polar surface area (TPSA) is 44.6 Å². The van der Waals surface area contributed by atoms with Gasteiger partial charge in [-0.3, -0.25) is 0 Å². The molecule has 1 aliphatic rings. The Morgan fingerprint density at radius 1 is 1.00 bits per heavy atom. The summed E-state index contributed by atoms with van der Waals surface area (Å²) in [5.74, 6) is -0.0858. The number of carbonyl (C=O) groups is 1. The summed E-state index contributed by atoms with van der Waals surface area (Å²) in [4.78, 5) is 10.8. The average Bonchev–Trinajstić information content (AvgIpc) is 2.43. The second-order valence-corrected chi connectivity index (χ2v) is 6.65. The lowest BCUT2D eigenvalue weighted by Gasteiger charge is -2.27. The van der Waals surface area contributed by atoms with E-state index in [2.05, 4.69) is 13.8 Å². The van der Waals surface area contributed by atoms with Crippen LogP contribution >= 0.6 is 0 Å². The number of unbranched alkanes of at least 4 members (excludes halogenated alkanes) is 7. The molecule has 1 rings (SSSR count). The van der Waals surface area contributed by atoms with Crippen molar-refractivity contribution in [1.29, 1.82) is 0 Å². The van der Waals surface area contributed by atoms with Crippen molar-refractivity contribution in [3.05, 3.63) is 0 Å². The summed E-state index contributed by atoms with van der Waals surface area (Å²) in [5.41, 5.74) is 0. The van der Waals surface area contributed by atoms with Crippen LogP contribution in [-0.2, 0) is 4.79 Å². The molecular weight excluding hydrogens is 262 g/mol. The number of hydrogen-bond donors (Lipinski definition) is 1. The molecule has 0 unspecified atom stereocenters. The molecule has 0 aromatic rings. The molecule has 1 heterocycles. The minimum absolute atomic E-state index is 0.972. The number of nitrogens with one attached hydrogen (secondary N) is 1. The normalized spacial score (nSPS) is 21.5. The van der Waals surface area contributed by atoms with Crippen molar-refractivity contribution in [2.45, 2.75) is 85.0 Å². The smallest absolute Gasteiger partial charge is 0.0773 e. The first-order valence-corrected chi connectivity index (χ1v) is 9.07. The second kappa shape index (κ2) is 14.4. The molecule has 126 valence electrons. The predicted octanol–water partition coefficient (Wildman–Crippen LogP) is 2.20. The molecule has 0 aromatic heterocycles. The van der Waals surface area contributed by atoms with E-state index in [1.807, 2.05) is 4.90 Å². The zero-order chi connectivity index (χ0) is 15.9. The first-order valence-electron chi connectivity index (χ1n) is 9.07. The average molecular weight is 299 g/mol. The van der Waals surface area contributed by atoms with E-state index in [0.717, 1.165) is 12.8 Å². The highest BCUT2D eigenvalue weighted by molar-refractivity contribution is 5.60. The molecule has 1 N–H and O–H groups in total. The molecule has 0 aliphatic carbocycles. The molecule has 0 spiro atoms. The van der Waals surface area contributed by atoms with Crippen molar-refractivity contribution < 1.29 is 14.8 Å². The van der Waals surface area contributed by atoms with Crippen molar-refractivity contribution in [2.75, 3.05) is 19.6 Å². The lowest BCUT2D eigenvalue weighted by Crippen LogP contribution is -3.13. The Bertz CT molecular complexity index is 231. The predicted molar refractivity (Wildman–Crippen MR) is 87.3 cm³/mol. The lowest BCUT2D eigenvalue weighted by atomic mass is 9.99. The molecule has 0 atom stereocenters. The van der Waals surface area contributed by atoms with Crippen LogP contribution in [0.3, 0.4) is 0 Å². The van der Waals surface area contributed by atoms with Gasteiger partial charge >= 0.3 is 0 Å². The van der Waals surface area contributed by atoms with Crippen LogP contribution in [0.1, 0.15) is 85.0 Å². The summed E-state index contributed by atoms with van der Waals surface area (Å²) in [6.45, 7) is 10.0. The Hall–Kier alpha value is -0.570. The first kappa shape index (κ1) is 20.4. The van der Waals surface area contributed by atoms with Crippen LogP contribution in [0.25, 0.3) is 0 Å². The van der Waals surface area contributed by atoms with Gasteiger partial charge < -0.3 is 14.8 Å². The van der Waals surface area contributed by atoms with E-state index < -0.39 is 5.97 Å². The van der Waals surface area contributed by atoms with Crippen LogP contribution in [0.15, 0.2) is 0 Å². The van der Waals surface area contributed by atoms with E-state index in [9.17, 15) is 0 Å². The highest BCUT2D eigenvalue weighted by atomic mass is 16.4. The van der Waals surface area contributed by atoms with E-state index in [1.54, 1.807) is 0 Å². The maximum Gasteiger partial charge on any atom is 0.0773 e. The highest BCUT2D eigenvalue weighted by Gasteiger charge is 2.17. The van der Waals surface area contributed by atoms with Gasteiger partial charge in [-0.2, -0.15) is 0 Å². The molecule has 1 fully saturated rings. The second-order valence-electron chi connectivity index (χ2n) is 6.65. The van der Waals surface area contributed by atoms with Gasteiger partial charge in [0, 0.05) is 5.97 Å². The van der Waals surface area contributed by atoms with Gasteiger partial charge in [0.2, 0.25) is 0 Å². The molecule has 0 aromatic carbocycles. The molecule has 0 amide bonds. The van der Waals surface area contributed by atoms with E-state index in [1.165, 1.54) is 83.8 Å². The van der Waals surface area contributed by atoms with Gasteiger partial charge in [0.15, 0.2) is 0 Å². The van der Waals surface area contributed by atoms with Gasteiger partial charge in [-0.05, 0) is 38.5 Å². The Balaban J connectivity index is 0.000000885. The quantitative estimate of drug-likeness (QED) is 0.663. The Labute approximate surface area is 132 Å². The zero-order valence-corrected chi connectivity index (χ0v) is 14.6. The van der Waals surface area contributed by atoms with Crippen molar-refractivity contribution >= 4 is 5.97 Å². The van der Waals surface area contributed by atoms with Crippen molar-refractivity contribution in [2.24, 2.45) is 5.92 Å². The summed E-state index contributed by atoms with van der Waals surface area (Å²) in [6, 6.07) is 0. The van der Waals surface area contributed by atoms with E-state index in [0.29, 0.717) is 0 Å². The fourth-order valence-electron chi connectivity index (χ4n) is 2.93. The number of aliphatic carboxylic acids is 1. The summed E-state index contributed by atoms with van der Waals surface area (Å²) in [5, 5.41) is 8.89. The monoisotopic (exact) mass is 299 g/mol. The maximum atomic E-state index is 8.89. The van der Waals surface area contributed by atoms with Crippen molar-refractivity contribution in [1.82, 2.24) is 0 Å². The molecule has 3 heteroatoms. The standard InChI is InChI=1S/C16H33N.C2H4O2/c1-3-4-5-6-7-8-9-10-13-17-14-11-16(2)12-15-17;1-2(3)4/h16H,3-15H2,1-2H3;1H3,(H,3,4). The Morgan fingerprint density at radius 3 is 1.90 bits per heavy atom. The molecule has 1 saturated heterocycles. The molecular formula is C18H37NO2. The third kappa shape index (κ3) is 15.6. The van der Waals surface area contributed by atoms with Gasteiger partial charge in [-0.25, -0.2) is 0 Å². The molecule has 21 heavy (non-hydrogen) atoms. The number of quaternary nitrogens is 1. The van der Waals surface area contributed by atoms with E-state index >= 15 is 0 Å². The number of carboxylic acid groups (broad SMARTS) is 1. The number of piperidine rings is 1. The van der Waals surface area contributed by atoms with E-state index in [-0.39, 0.29) is 0 Å². The van der Waals surface area contributed by atoms with Crippen molar-refractivity contribution in [3.8, 4) is 0 Å². The highest BCUT2D eigenvalue weighted by Crippen LogP contribution is 2.09. The number of hydrogen-bond acceptors (Lipinski definition) is 2. The van der Waals surface area contributed by atoms with Crippen LogP contribution in [-0.4, -0.2) is 25.6 Å². The van der Waals surface area contributed by atoms with Crippen LogP contribution in [0.2, 0.25) is 0 Å². The zero-order valence-electron chi connectivity index (χ0n) is 14.6. The third-order valence-electron chi connectivity index (χ3n) is 4.37. The summed E-state index contributed by atoms with van der Waals surface area (Å²) in [6.07, 6.45) is 14.6. The van der Waals surface area contributed by atoms with Gasteiger partial charge in [0.1, 0.15) is 0 Å². The van der Waals surface area contributed by atoms with Crippen molar-refractivity contribution in [3.63, 3.8) is 0 Å². The number of carbonyl (C=O) groups excluding carboxylic acids is 1. The maximum absolute atomic E-state index is 8.89. The largest absolute Gasteiger partial charge is 0.550 e. The molecule has 0 saturated carbocycles. The molecule has 0 radical (unpaired) electrons. The van der Waals surface area contributed by atoms with Gasteiger partial charge in [0.05, 0.1) is 19.6 Å². The third-order valence-corrected chi connectivity index (χ3v) is 4.37. The Kier molecular flexibility index (Phi) is 14.0. The van der Waals surface area contributed by atoms with Crippen LogP contribution in [0.5, 0.6) is 0 Å². The summed E-state index contributed by atoms with van der Waals surface area (Å²) in [7, 11) is 0. The number of rotatable bonds is 9. The van der Waals surface area contributed by atoms with Gasteiger partial charge in [-0.15, -0.1) is 0 Å². The van der Waals surface area contributed by atoms with Crippen LogP contribution < -0.4 is 10.0 Å². The SMILES string of the molecule is CC(=O)[O-].CCCCCCCCCC[NH+]1CCC(C)CC1. The number of carboxylic acids is 1. The molecule has 3 nitrogen and oxygen atoms in total. The summed E-state index contributed by atoms with van der Waals surface area (Å²) < 4.78 is 0. The first-order chi connectivity index (χ1) is 10.1. The van der Waals surface area contributed by atoms with Crippen LogP contribution in [0, 0.1) is 5.92 Å². The fourth-order valence-corrected chi connectivity index (χ4v) is 2.93. The van der Waals surface area contributed by atoms with Gasteiger partial charge in [0.25, 0.3) is 0 Å². The van der Waals surface area contributed by atoms with E-state index in [4.69, 9.17) is 9.90 Å². The molecule has 0 bridgehead atoms. The minimum Gasteiger partial charge on any atom is -0.550 e. The fraction of sp³-hybridized carbons (Fsp3) is 0.944. The number of likely N-dealkylation sites (tertiary alicyclic amines) is 1. The Morgan fingerprint density at radius 2 is 1.43 bits per heavy atom. The van der Waals surface area contributed by atoms with Gasteiger partial charge in [-0.1, -0.05) is 52.4 Å². The minimum atomic E-state index is -1.08. The van der Waals surface area contributed by atoms with Crippen LogP contribution in [0.4, 0.5) is 0 Å². The lowest BCUT2D eigenvalue weighted by molar-refractivity contribution is -0.906. The summed E-state index contributed by atoms with van der Waals surface area (Å²) >= 11 is 0. The molecule has 1 aliphatic heterocycles.